The molecule has 0 heterocycles. The van der Waals surface area contributed by atoms with Gasteiger partial charge in [-0.3, -0.25) is 9.59 Å². The number of hydrogen-bond donors (Lipinski definition) is 1. The third-order valence-electron chi connectivity index (χ3n) is 1.70. The van der Waals surface area contributed by atoms with Crippen LogP contribution in [0.25, 0.3) is 0 Å². The summed E-state index contributed by atoms with van der Waals surface area (Å²) in [5.74, 6) is 0.851. The molecule has 0 aliphatic carbocycles. The van der Waals surface area contributed by atoms with E-state index in [0.29, 0.717) is 11.5 Å². The molecular formula is C12H23NO4S2. The van der Waals surface area contributed by atoms with E-state index in [2.05, 4.69) is 5.32 Å². The molecule has 0 unspecified atom stereocenters. The topological polar surface area (TPSA) is 72.5 Å². The minimum absolute atomic E-state index is 0. The predicted octanol–water partition coefficient (Wildman–Crippen LogP) is 2.69. The number of amides is 1. The SMILES string of the molecule is CC(=O)SCC(CSC(C)=O)NC(=O)OC(C)(C)C.[HH]. The maximum absolute atomic E-state index is 11.6. The quantitative estimate of drug-likeness (QED) is 0.842. The van der Waals surface area contributed by atoms with Gasteiger partial charge in [0.15, 0.2) is 10.2 Å². The Hall–Kier alpha value is -0.690. The first kappa shape index (κ1) is 18.3. The van der Waals surface area contributed by atoms with Gasteiger partial charge in [0, 0.05) is 26.8 Å². The molecule has 0 saturated carbocycles. The van der Waals surface area contributed by atoms with Crippen LogP contribution in [0.2, 0.25) is 0 Å². The van der Waals surface area contributed by atoms with Crippen molar-refractivity contribution in [2.24, 2.45) is 0 Å². The van der Waals surface area contributed by atoms with Gasteiger partial charge in [0.2, 0.25) is 0 Å². The van der Waals surface area contributed by atoms with Crippen LogP contribution < -0.4 is 5.32 Å². The molecule has 0 bridgehead atoms. The van der Waals surface area contributed by atoms with Crippen LogP contribution in [0.3, 0.4) is 0 Å². The van der Waals surface area contributed by atoms with E-state index < -0.39 is 11.7 Å². The summed E-state index contributed by atoms with van der Waals surface area (Å²) in [4.78, 5) is 33.5. The molecule has 0 aromatic carbocycles. The molecule has 0 saturated heterocycles. The number of thioether (sulfide) groups is 2. The van der Waals surface area contributed by atoms with Crippen molar-refractivity contribution < 1.29 is 20.5 Å². The van der Waals surface area contributed by atoms with Crippen molar-refractivity contribution in [2.75, 3.05) is 11.5 Å². The van der Waals surface area contributed by atoms with E-state index in [1.54, 1.807) is 20.8 Å². The number of rotatable bonds is 5. The van der Waals surface area contributed by atoms with Crippen molar-refractivity contribution in [2.45, 2.75) is 46.3 Å². The van der Waals surface area contributed by atoms with Gasteiger partial charge in [-0.15, -0.1) is 0 Å². The molecule has 0 rings (SSSR count). The molecule has 112 valence electrons. The molecule has 0 aromatic heterocycles. The lowest BCUT2D eigenvalue weighted by atomic mass is 10.2. The van der Waals surface area contributed by atoms with Crippen LogP contribution in [0, 0.1) is 0 Å². The van der Waals surface area contributed by atoms with Crippen molar-refractivity contribution in [1.82, 2.24) is 5.32 Å². The molecule has 1 N–H and O–H groups in total. The highest BCUT2D eigenvalue weighted by atomic mass is 32.2. The van der Waals surface area contributed by atoms with E-state index in [-0.39, 0.29) is 17.7 Å². The second-order valence-electron chi connectivity index (χ2n) is 4.95. The molecular weight excluding hydrogens is 286 g/mol. The van der Waals surface area contributed by atoms with Gasteiger partial charge in [0.1, 0.15) is 5.60 Å². The van der Waals surface area contributed by atoms with E-state index in [9.17, 15) is 14.4 Å². The second-order valence-corrected chi connectivity index (χ2v) is 7.34. The van der Waals surface area contributed by atoms with E-state index in [1.807, 2.05) is 0 Å². The standard InChI is InChI=1S/C12H21NO4S2.H2/c1-8(14)18-6-10(7-19-9(2)15)13-11(16)17-12(3,4)5;/h10H,6-7H2,1-5H3,(H,13,16);1H. The summed E-state index contributed by atoms with van der Waals surface area (Å²) in [6, 6.07) is -0.280. The Labute approximate surface area is 124 Å². The lowest BCUT2D eigenvalue weighted by Gasteiger charge is -2.23. The average Bonchev–Trinajstić information content (AvgIpc) is 2.18. The van der Waals surface area contributed by atoms with Crippen molar-refractivity contribution >= 4 is 39.8 Å². The summed E-state index contributed by atoms with van der Waals surface area (Å²) in [6.07, 6.45) is -0.536. The first-order valence-corrected chi connectivity index (χ1v) is 7.83. The Bertz CT molecular complexity index is 327. The number of carbonyl (C=O) groups excluding carboxylic acids is 3. The van der Waals surface area contributed by atoms with Gasteiger partial charge in [-0.1, -0.05) is 23.5 Å². The van der Waals surface area contributed by atoms with Gasteiger partial charge in [-0.2, -0.15) is 0 Å². The van der Waals surface area contributed by atoms with Crippen LogP contribution in [0.4, 0.5) is 4.79 Å². The normalized spacial score (nSPS) is 11.3. The number of carbonyl (C=O) groups is 3. The molecule has 0 atom stereocenters. The predicted molar refractivity (Wildman–Crippen MR) is 81.5 cm³/mol. The Morgan fingerprint density at radius 2 is 1.53 bits per heavy atom. The van der Waals surface area contributed by atoms with E-state index in [1.165, 1.54) is 13.8 Å². The largest absolute Gasteiger partial charge is 0.444 e. The second kappa shape index (κ2) is 8.47. The minimum atomic E-state index is -0.573. The van der Waals surface area contributed by atoms with Crippen LogP contribution >= 0.6 is 23.5 Å². The number of nitrogens with one attached hydrogen (secondary N) is 1. The van der Waals surface area contributed by atoms with Crippen LogP contribution in [0.15, 0.2) is 0 Å². The maximum atomic E-state index is 11.6. The number of alkyl carbamates (subject to hydrolysis) is 1. The lowest BCUT2D eigenvalue weighted by molar-refractivity contribution is -0.109. The summed E-state index contributed by atoms with van der Waals surface area (Å²) in [5.41, 5.74) is -0.573. The van der Waals surface area contributed by atoms with Gasteiger partial charge in [0.25, 0.3) is 0 Å². The van der Waals surface area contributed by atoms with E-state index in [4.69, 9.17) is 4.74 Å². The van der Waals surface area contributed by atoms with Gasteiger partial charge in [0.05, 0.1) is 6.04 Å². The Morgan fingerprint density at radius 1 is 1.11 bits per heavy atom. The van der Waals surface area contributed by atoms with Gasteiger partial charge in [-0.05, 0) is 20.8 Å². The third kappa shape index (κ3) is 12.1. The van der Waals surface area contributed by atoms with Crippen molar-refractivity contribution in [1.29, 1.82) is 0 Å². The fraction of sp³-hybridized carbons (Fsp3) is 0.750. The summed E-state index contributed by atoms with van der Waals surface area (Å²) >= 11 is 2.23. The summed E-state index contributed by atoms with van der Waals surface area (Å²) < 4.78 is 5.14. The molecule has 0 fully saturated rings. The third-order valence-corrected chi connectivity index (χ3v) is 3.65. The Kier molecular flexibility index (Phi) is 8.17. The van der Waals surface area contributed by atoms with Crippen LogP contribution in [0.1, 0.15) is 36.0 Å². The fourth-order valence-corrected chi connectivity index (χ4v) is 2.46. The highest BCUT2D eigenvalue weighted by Gasteiger charge is 2.20. The first-order valence-electron chi connectivity index (χ1n) is 5.86. The Balaban J connectivity index is 0. The average molecular weight is 309 g/mol. The summed E-state index contributed by atoms with van der Waals surface area (Å²) in [5, 5.41) is 2.63. The highest BCUT2D eigenvalue weighted by Crippen LogP contribution is 2.12. The van der Waals surface area contributed by atoms with Crippen molar-refractivity contribution in [3.8, 4) is 0 Å². The molecule has 19 heavy (non-hydrogen) atoms. The molecule has 0 radical (unpaired) electrons. The minimum Gasteiger partial charge on any atom is -0.444 e. The summed E-state index contributed by atoms with van der Waals surface area (Å²) in [7, 11) is 0. The Morgan fingerprint density at radius 3 is 1.84 bits per heavy atom. The summed E-state index contributed by atoms with van der Waals surface area (Å²) in [6.45, 7) is 8.25. The first-order chi connectivity index (χ1) is 8.60. The van der Waals surface area contributed by atoms with Crippen LogP contribution in [-0.2, 0) is 14.3 Å². The van der Waals surface area contributed by atoms with E-state index in [0.717, 1.165) is 23.5 Å². The van der Waals surface area contributed by atoms with Gasteiger partial charge >= 0.3 is 6.09 Å². The van der Waals surface area contributed by atoms with Gasteiger partial charge < -0.3 is 10.1 Å². The highest BCUT2D eigenvalue weighted by molar-refractivity contribution is 8.14. The smallest absolute Gasteiger partial charge is 0.407 e. The molecule has 0 aromatic rings. The molecule has 5 nitrogen and oxygen atoms in total. The molecule has 0 aliphatic heterocycles. The molecule has 0 spiro atoms. The number of ether oxygens (including phenoxy) is 1. The maximum Gasteiger partial charge on any atom is 0.407 e. The monoisotopic (exact) mass is 309 g/mol. The fourth-order valence-electron chi connectivity index (χ4n) is 1.04. The van der Waals surface area contributed by atoms with Gasteiger partial charge in [-0.25, -0.2) is 4.79 Å². The zero-order valence-corrected chi connectivity index (χ0v) is 13.6. The lowest BCUT2D eigenvalue weighted by Crippen LogP contribution is -2.42. The molecule has 0 aliphatic rings. The zero-order chi connectivity index (χ0) is 15.1. The van der Waals surface area contributed by atoms with E-state index >= 15 is 0 Å². The van der Waals surface area contributed by atoms with Crippen molar-refractivity contribution in [3.63, 3.8) is 0 Å². The molecule has 7 heteroatoms. The van der Waals surface area contributed by atoms with Crippen LogP contribution in [0.5, 0.6) is 0 Å². The van der Waals surface area contributed by atoms with Crippen LogP contribution in [-0.4, -0.2) is 39.5 Å². The number of hydrogen-bond acceptors (Lipinski definition) is 6. The molecule has 1 amide bonds. The zero-order valence-electron chi connectivity index (χ0n) is 11.9. The van der Waals surface area contributed by atoms with Crippen molar-refractivity contribution in [3.05, 3.63) is 0 Å².